The smallest absolute Gasteiger partial charge is 0.212 e. The lowest BCUT2D eigenvalue weighted by Gasteiger charge is -2.14. The molecule has 0 spiro atoms. The van der Waals surface area contributed by atoms with Crippen LogP contribution in [0.1, 0.15) is 18.4 Å². The number of rotatable bonds is 1. The van der Waals surface area contributed by atoms with Gasteiger partial charge in [0, 0.05) is 12.2 Å². The molecular formula is C12H13FN2. The molecular weight excluding hydrogens is 191 g/mol. The topological polar surface area (TPSA) is 24.9 Å². The number of allylic oxidation sites excluding steroid dienone is 1. The van der Waals surface area contributed by atoms with E-state index in [4.69, 9.17) is 0 Å². The Hall–Kier alpha value is -1.22. The number of nitrogens with one attached hydrogen (secondary N) is 1. The quantitative estimate of drug-likeness (QED) is 0.707. The van der Waals surface area contributed by atoms with Crippen molar-refractivity contribution in [2.75, 3.05) is 6.54 Å². The van der Waals surface area contributed by atoms with Crippen LogP contribution in [0.25, 0.3) is 5.57 Å². The summed E-state index contributed by atoms with van der Waals surface area (Å²) in [6, 6.07) is 3.71. The lowest BCUT2D eigenvalue weighted by molar-refractivity contribution is 0.556. The molecule has 2 aliphatic rings. The van der Waals surface area contributed by atoms with Crippen LogP contribution in [0.15, 0.2) is 24.4 Å². The first-order chi connectivity index (χ1) is 7.34. The largest absolute Gasteiger partial charge is 0.310 e. The molecule has 3 heteroatoms. The van der Waals surface area contributed by atoms with E-state index >= 15 is 0 Å². The van der Waals surface area contributed by atoms with E-state index in [2.05, 4.69) is 16.4 Å². The van der Waals surface area contributed by atoms with Crippen molar-refractivity contribution >= 4 is 5.57 Å². The number of halogens is 1. The molecule has 2 nitrogen and oxygen atoms in total. The van der Waals surface area contributed by atoms with Crippen molar-refractivity contribution in [3.05, 3.63) is 35.9 Å². The molecule has 2 heterocycles. The Morgan fingerprint density at radius 3 is 3.13 bits per heavy atom. The van der Waals surface area contributed by atoms with Gasteiger partial charge in [0.25, 0.3) is 0 Å². The van der Waals surface area contributed by atoms with Crippen LogP contribution in [0.2, 0.25) is 0 Å². The van der Waals surface area contributed by atoms with Crippen LogP contribution < -0.4 is 5.32 Å². The molecule has 1 aliphatic carbocycles. The van der Waals surface area contributed by atoms with Crippen LogP contribution in [0.3, 0.4) is 0 Å². The van der Waals surface area contributed by atoms with E-state index in [1.54, 1.807) is 6.20 Å². The summed E-state index contributed by atoms with van der Waals surface area (Å²) >= 11 is 0. The fourth-order valence-corrected chi connectivity index (χ4v) is 2.62. The van der Waals surface area contributed by atoms with Gasteiger partial charge in [-0.1, -0.05) is 6.08 Å². The molecule has 15 heavy (non-hydrogen) atoms. The molecule has 1 aromatic heterocycles. The summed E-state index contributed by atoms with van der Waals surface area (Å²) in [7, 11) is 0. The van der Waals surface area contributed by atoms with E-state index in [1.165, 1.54) is 18.1 Å². The third-order valence-corrected chi connectivity index (χ3v) is 3.39. The van der Waals surface area contributed by atoms with Gasteiger partial charge in [-0.05, 0) is 48.6 Å². The van der Waals surface area contributed by atoms with Gasteiger partial charge in [0.2, 0.25) is 5.95 Å². The number of hydrogen-bond acceptors (Lipinski definition) is 2. The van der Waals surface area contributed by atoms with Gasteiger partial charge in [-0.3, -0.25) is 0 Å². The first-order valence-corrected chi connectivity index (χ1v) is 5.40. The molecule has 2 atom stereocenters. The summed E-state index contributed by atoms with van der Waals surface area (Å²) in [4.78, 5) is 3.70. The zero-order chi connectivity index (χ0) is 10.3. The molecule has 3 rings (SSSR count). The maximum Gasteiger partial charge on any atom is 0.212 e. The molecule has 1 aliphatic heterocycles. The van der Waals surface area contributed by atoms with Crippen LogP contribution in [0.4, 0.5) is 4.39 Å². The van der Waals surface area contributed by atoms with E-state index in [0.29, 0.717) is 6.04 Å². The Bertz CT molecular complexity index is 397. The number of aromatic nitrogens is 1. The third kappa shape index (κ3) is 1.47. The summed E-state index contributed by atoms with van der Waals surface area (Å²) in [5, 5.41) is 3.49. The maximum atomic E-state index is 12.7. The van der Waals surface area contributed by atoms with Gasteiger partial charge in [0.1, 0.15) is 0 Å². The highest BCUT2D eigenvalue weighted by atomic mass is 19.1. The fraction of sp³-hybridized carbons (Fsp3) is 0.417. The Kier molecular flexibility index (Phi) is 2.06. The number of fused-ring (bicyclic) bond motifs is 1. The molecule has 1 saturated heterocycles. The molecule has 1 N–H and O–H groups in total. The van der Waals surface area contributed by atoms with Gasteiger partial charge >= 0.3 is 0 Å². The zero-order valence-electron chi connectivity index (χ0n) is 8.41. The van der Waals surface area contributed by atoms with Gasteiger partial charge in [-0.25, -0.2) is 4.98 Å². The van der Waals surface area contributed by atoms with E-state index in [-0.39, 0.29) is 0 Å². The third-order valence-electron chi connectivity index (χ3n) is 3.39. The SMILES string of the molecule is Fc1ccc(C2=CC[C@@H]3CCN[C@H]23)cn1. The monoisotopic (exact) mass is 204 g/mol. The van der Waals surface area contributed by atoms with Crippen molar-refractivity contribution in [1.82, 2.24) is 10.3 Å². The molecule has 0 saturated carbocycles. The second-order valence-corrected chi connectivity index (χ2v) is 4.25. The van der Waals surface area contributed by atoms with Crippen LogP contribution in [0.5, 0.6) is 0 Å². The normalized spacial score (nSPS) is 29.0. The molecule has 0 unspecified atom stereocenters. The summed E-state index contributed by atoms with van der Waals surface area (Å²) in [5.41, 5.74) is 2.35. The minimum absolute atomic E-state index is 0.409. The summed E-state index contributed by atoms with van der Waals surface area (Å²) in [5.74, 6) is 0.332. The predicted molar refractivity (Wildman–Crippen MR) is 56.7 cm³/mol. The lowest BCUT2D eigenvalue weighted by atomic mass is 9.97. The molecule has 0 radical (unpaired) electrons. The Balaban J connectivity index is 1.91. The van der Waals surface area contributed by atoms with Crippen molar-refractivity contribution < 1.29 is 4.39 Å². The fourth-order valence-electron chi connectivity index (χ4n) is 2.62. The highest BCUT2D eigenvalue weighted by molar-refractivity contribution is 5.71. The van der Waals surface area contributed by atoms with Gasteiger partial charge in [0.15, 0.2) is 0 Å². The second kappa shape index (κ2) is 3.42. The van der Waals surface area contributed by atoms with Gasteiger partial charge in [0.05, 0.1) is 0 Å². The Labute approximate surface area is 88.2 Å². The highest BCUT2D eigenvalue weighted by Gasteiger charge is 2.33. The van der Waals surface area contributed by atoms with Crippen molar-refractivity contribution in [3.8, 4) is 0 Å². The molecule has 1 aromatic rings. The van der Waals surface area contributed by atoms with Crippen LogP contribution in [-0.4, -0.2) is 17.6 Å². The van der Waals surface area contributed by atoms with E-state index in [0.717, 1.165) is 24.4 Å². The predicted octanol–water partition coefficient (Wildman–Crippen LogP) is 1.99. The van der Waals surface area contributed by atoms with Gasteiger partial charge < -0.3 is 5.32 Å². The lowest BCUT2D eigenvalue weighted by Crippen LogP contribution is -2.24. The average Bonchev–Trinajstić information content (AvgIpc) is 2.80. The Morgan fingerprint density at radius 2 is 2.33 bits per heavy atom. The Morgan fingerprint density at radius 1 is 1.40 bits per heavy atom. The van der Waals surface area contributed by atoms with E-state index < -0.39 is 5.95 Å². The number of nitrogens with zero attached hydrogens (tertiary/aromatic N) is 1. The van der Waals surface area contributed by atoms with E-state index in [9.17, 15) is 4.39 Å². The second-order valence-electron chi connectivity index (χ2n) is 4.25. The zero-order valence-corrected chi connectivity index (χ0v) is 8.41. The first kappa shape index (κ1) is 9.04. The van der Waals surface area contributed by atoms with Crippen LogP contribution in [0, 0.1) is 11.9 Å². The minimum atomic E-state index is -0.409. The minimum Gasteiger partial charge on any atom is -0.310 e. The van der Waals surface area contributed by atoms with Crippen molar-refractivity contribution in [3.63, 3.8) is 0 Å². The van der Waals surface area contributed by atoms with E-state index in [1.807, 2.05) is 6.07 Å². The van der Waals surface area contributed by atoms with Crippen LogP contribution >= 0.6 is 0 Å². The van der Waals surface area contributed by atoms with Crippen molar-refractivity contribution in [1.29, 1.82) is 0 Å². The van der Waals surface area contributed by atoms with Gasteiger partial charge in [-0.15, -0.1) is 0 Å². The van der Waals surface area contributed by atoms with Gasteiger partial charge in [-0.2, -0.15) is 4.39 Å². The molecule has 1 fully saturated rings. The molecule has 0 amide bonds. The average molecular weight is 204 g/mol. The first-order valence-electron chi connectivity index (χ1n) is 5.40. The summed E-state index contributed by atoms with van der Waals surface area (Å²) in [6.45, 7) is 1.10. The van der Waals surface area contributed by atoms with Crippen LogP contribution in [-0.2, 0) is 0 Å². The standard InChI is InChI=1S/C12H13FN2/c13-11-4-2-9(7-15-11)10-3-1-8-5-6-14-12(8)10/h2-4,7-8,12,14H,1,5-6H2/t8-,12+/m1/s1. The highest BCUT2D eigenvalue weighted by Crippen LogP contribution is 2.37. The number of hydrogen-bond donors (Lipinski definition) is 1. The summed E-state index contributed by atoms with van der Waals surface area (Å²) in [6.07, 6.45) is 6.28. The molecule has 0 aromatic carbocycles. The number of pyridine rings is 1. The van der Waals surface area contributed by atoms with Crippen molar-refractivity contribution in [2.45, 2.75) is 18.9 Å². The maximum absolute atomic E-state index is 12.7. The molecule has 78 valence electrons. The van der Waals surface area contributed by atoms with Crippen molar-refractivity contribution in [2.24, 2.45) is 5.92 Å². The molecule has 0 bridgehead atoms. The summed E-state index contributed by atoms with van der Waals surface area (Å²) < 4.78 is 12.7.